The molecule has 8 nitrogen and oxygen atoms in total. The van der Waals surface area contributed by atoms with Crippen LogP contribution in [-0.4, -0.2) is 44.3 Å². The Morgan fingerprint density at radius 3 is 0.909 bits per heavy atom. The predicted octanol–water partition coefficient (Wildman–Crippen LogP) is 2.01. The number of carbonyl (C=O) groups is 4. The van der Waals surface area contributed by atoms with Gasteiger partial charge >= 0.3 is 23.9 Å². The van der Waals surface area contributed by atoms with Gasteiger partial charge in [-0.1, -0.05) is 26.0 Å². The van der Waals surface area contributed by atoms with Gasteiger partial charge in [0.1, 0.15) is 0 Å². The first kappa shape index (κ1) is 24.4. The molecule has 0 aliphatic rings. The second-order valence-electron chi connectivity index (χ2n) is 3.81. The van der Waals surface area contributed by atoms with Crippen LogP contribution < -0.4 is 0 Å². The van der Waals surface area contributed by atoms with Crippen molar-refractivity contribution < 1.29 is 39.6 Å². The van der Waals surface area contributed by atoms with Gasteiger partial charge in [-0.3, -0.25) is 0 Å². The SMILES string of the molecule is CCC=C(C)C(=O)O.CCC=C(C)C(=O)O.O=C(O)C(=O)O. The van der Waals surface area contributed by atoms with Crippen molar-refractivity contribution in [3.63, 3.8) is 0 Å². The molecule has 0 heterocycles. The largest absolute Gasteiger partial charge is 0.478 e. The number of carboxylic acid groups (broad SMARTS) is 4. The minimum atomic E-state index is -1.82. The highest BCUT2D eigenvalue weighted by Crippen LogP contribution is 1.93. The summed E-state index contributed by atoms with van der Waals surface area (Å²) in [6, 6.07) is 0. The highest BCUT2D eigenvalue weighted by atomic mass is 16.4. The third-order valence-electron chi connectivity index (χ3n) is 1.88. The molecule has 0 aromatic carbocycles. The van der Waals surface area contributed by atoms with Crippen LogP contribution >= 0.6 is 0 Å². The van der Waals surface area contributed by atoms with Crippen LogP contribution in [0.15, 0.2) is 23.3 Å². The summed E-state index contributed by atoms with van der Waals surface area (Å²) in [5.74, 6) is -5.30. The number of rotatable bonds is 4. The van der Waals surface area contributed by atoms with E-state index in [1.54, 1.807) is 26.0 Å². The standard InChI is InChI=1S/2C6H10O2.C2H2O4/c2*1-3-4-5(2)6(7)8;3-1(4)2(5)6/h2*4H,3H2,1-2H3,(H,7,8);(H,3,4)(H,5,6). The summed E-state index contributed by atoms with van der Waals surface area (Å²) in [5, 5.41) is 31.3. The first-order valence-electron chi connectivity index (χ1n) is 6.27. The van der Waals surface area contributed by atoms with Crippen LogP contribution in [0, 0.1) is 0 Å². The van der Waals surface area contributed by atoms with Crippen molar-refractivity contribution in [2.24, 2.45) is 0 Å². The third kappa shape index (κ3) is 19.7. The summed E-state index contributed by atoms with van der Waals surface area (Å²) < 4.78 is 0. The fourth-order valence-corrected chi connectivity index (χ4v) is 0.787. The molecule has 0 fully saturated rings. The van der Waals surface area contributed by atoms with Crippen molar-refractivity contribution in [3.8, 4) is 0 Å². The fraction of sp³-hybridized carbons (Fsp3) is 0.429. The number of hydrogen-bond acceptors (Lipinski definition) is 4. The molecule has 0 saturated carbocycles. The Kier molecular flexibility index (Phi) is 16.4. The molecule has 0 aliphatic carbocycles. The van der Waals surface area contributed by atoms with Gasteiger partial charge in [0, 0.05) is 11.1 Å². The minimum Gasteiger partial charge on any atom is -0.478 e. The molecular formula is C14H22O8. The molecule has 22 heavy (non-hydrogen) atoms. The Balaban J connectivity index is -0.000000249. The van der Waals surface area contributed by atoms with E-state index in [-0.39, 0.29) is 0 Å². The molecule has 0 unspecified atom stereocenters. The highest BCUT2D eigenvalue weighted by Gasteiger charge is 2.04. The molecule has 0 amide bonds. The molecule has 0 aromatic heterocycles. The summed E-state index contributed by atoms with van der Waals surface area (Å²) >= 11 is 0. The summed E-state index contributed by atoms with van der Waals surface area (Å²) in [7, 11) is 0. The Hall–Kier alpha value is -2.64. The van der Waals surface area contributed by atoms with Gasteiger partial charge in [0.2, 0.25) is 0 Å². The molecule has 0 aromatic rings. The quantitative estimate of drug-likeness (QED) is 0.454. The van der Waals surface area contributed by atoms with E-state index in [0.717, 1.165) is 12.8 Å². The van der Waals surface area contributed by atoms with E-state index in [2.05, 4.69) is 0 Å². The monoisotopic (exact) mass is 318 g/mol. The van der Waals surface area contributed by atoms with Gasteiger partial charge < -0.3 is 20.4 Å². The van der Waals surface area contributed by atoms with Gasteiger partial charge in [-0.05, 0) is 26.7 Å². The fourth-order valence-electron chi connectivity index (χ4n) is 0.787. The molecule has 0 atom stereocenters. The van der Waals surface area contributed by atoms with Gasteiger partial charge in [-0.2, -0.15) is 0 Å². The lowest BCUT2D eigenvalue weighted by atomic mass is 10.2. The van der Waals surface area contributed by atoms with E-state index >= 15 is 0 Å². The lowest BCUT2D eigenvalue weighted by Crippen LogP contribution is -2.09. The first-order valence-corrected chi connectivity index (χ1v) is 6.27. The molecule has 0 saturated heterocycles. The van der Waals surface area contributed by atoms with Gasteiger partial charge in [0.05, 0.1) is 0 Å². The molecular weight excluding hydrogens is 296 g/mol. The van der Waals surface area contributed by atoms with Crippen LogP contribution in [0.25, 0.3) is 0 Å². The van der Waals surface area contributed by atoms with E-state index in [1.807, 2.05) is 13.8 Å². The van der Waals surface area contributed by atoms with Crippen LogP contribution in [-0.2, 0) is 19.2 Å². The molecule has 0 aliphatic heterocycles. The smallest absolute Gasteiger partial charge is 0.414 e. The van der Waals surface area contributed by atoms with E-state index in [4.69, 9.17) is 30.0 Å². The van der Waals surface area contributed by atoms with Crippen molar-refractivity contribution in [3.05, 3.63) is 23.3 Å². The normalized spacial score (nSPS) is 10.4. The summed E-state index contributed by atoms with van der Waals surface area (Å²) in [4.78, 5) is 38.2. The topological polar surface area (TPSA) is 149 Å². The Morgan fingerprint density at radius 1 is 0.636 bits per heavy atom. The van der Waals surface area contributed by atoms with Crippen LogP contribution in [0.2, 0.25) is 0 Å². The maximum atomic E-state index is 10.0. The van der Waals surface area contributed by atoms with Crippen molar-refractivity contribution in [1.29, 1.82) is 0 Å². The zero-order valence-corrected chi connectivity index (χ0v) is 13.0. The minimum absolute atomic E-state index is 0.424. The second kappa shape index (κ2) is 14.8. The first-order chi connectivity index (χ1) is 10.0. The van der Waals surface area contributed by atoms with Crippen LogP contribution in [0.5, 0.6) is 0 Å². The maximum absolute atomic E-state index is 10.0. The average molecular weight is 318 g/mol. The Bertz CT molecular complexity index is 404. The van der Waals surface area contributed by atoms with Gasteiger partial charge in [0.15, 0.2) is 0 Å². The van der Waals surface area contributed by atoms with Gasteiger partial charge in [0.25, 0.3) is 0 Å². The van der Waals surface area contributed by atoms with Crippen molar-refractivity contribution >= 4 is 23.9 Å². The van der Waals surface area contributed by atoms with E-state index in [0.29, 0.717) is 11.1 Å². The number of carboxylic acids is 4. The molecule has 0 radical (unpaired) electrons. The lowest BCUT2D eigenvalue weighted by Gasteiger charge is -1.87. The molecule has 126 valence electrons. The molecule has 8 heteroatoms. The lowest BCUT2D eigenvalue weighted by molar-refractivity contribution is -0.159. The van der Waals surface area contributed by atoms with Crippen molar-refractivity contribution in [2.75, 3.05) is 0 Å². The maximum Gasteiger partial charge on any atom is 0.414 e. The van der Waals surface area contributed by atoms with Crippen LogP contribution in [0.1, 0.15) is 40.5 Å². The Labute approximate surface area is 128 Å². The zero-order valence-electron chi connectivity index (χ0n) is 13.0. The summed E-state index contributed by atoms with van der Waals surface area (Å²) in [6.07, 6.45) is 4.95. The van der Waals surface area contributed by atoms with Crippen LogP contribution in [0.4, 0.5) is 0 Å². The van der Waals surface area contributed by atoms with Crippen molar-refractivity contribution in [2.45, 2.75) is 40.5 Å². The van der Waals surface area contributed by atoms with E-state index in [1.165, 1.54) is 0 Å². The average Bonchev–Trinajstić information content (AvgIpc) is 2.40. The zero-order chi connectivity index (χ0) is 18.3. The number of hydrogen-bond donors (Lipinski definition) is 4. The van der Waals surface area contributed by atoms with Gasteiger partial charge in [-0.15, -0.1) is 0 Å². The number of aliphatic carboxylic acids is 4. The third-order valence-corrected chi connectivity index (χ3v) is 1.88. The molecule has 0 rings (SSSR count). The van der Waals surface area contributed by atoms with Crippen molar-refractivity contribution in [1.82, 2.24) is 0 Å². The highest BCUT2D eigenvalue weighted by molar-refractivity contribution is 6.27. The molecule has 4 N–H and O–H groups in total. The van der Waals surface area contributed by atoms with E-state index in [9.17, 15) is 9.59 Å². The molecule has 0 bridgehead atoms. The van der Waals surface area contributed by atoms with Gasteiger partial charge in [-0.25, -0.2) is 19.2 Å². The van der Waals surface area contributed by atoms with E-state index < -0.39 is 23.9 Å². The predicted molar refractivity (Wildman–Crippen MR) is 78.6 cm³/mol. The Morgan fingerprint density at radius 2 is 0.864 bits per heavy atom. The van der Waals surface area contributed by atoms with Crippen LogP contribution in [0.3, 0.4) is 0 Å². The summed E-state index contributed by atoms with van der Waals surface area (Å²) in [5.41, 5.74) is 0.847. The summed E-state index contributed by atoms with van der Waals surface area (Å²) in [6.45, 7) is 7.00. The number of allylic oxidation sites excluding steroid dienone is 2. The molecule has 0 spiro atoms. The second-order valence-corrected chi connectivity index (χ2v) is 3.81.